The molecule has 2 aliphatic rings. The summed E-state index contributed by atoms with van der Waals surface area (Å²) in [5.41, 5.74) is 10.9. The maximum atomic E-state index is 11.7. The van der Waals surface area contributed by atoms with Crippen LogP contribution in [0.25, 0.3) is 28.1 Å². The Morgan fingerprint density at radius 1 is 1.09 bits per heavy atom. The van der Waals surface area contributed by atoms with Crippen LogP contribution in [0, 0.1) is 0 Å². The van der Waals surface area contributed by atoms with Gasteiger partial charge in [0.1, 0.15) is 6.04 Å². The number of anilines is 1. The predicted octanol–water partition coefficient (Wildman–Crippen LogP) is 3.87. The zero-order chi connectivity index (χ0) is 23.3. The zero-order valence-corrected chi connectivity index (χ0v) is 18.8. The first-order chi connectivity index (χ1) is 16.5. The molecule has 1 saturated heterocycles. The van der Waals surface area contributed by atoms with Crippen LogP contribution >= 0.6 is 0 Å². The van der Waals surface area contributed by atoms with Crippen molar-refractivity contribution in [2.24, 2.45) is 5.73 Å². The highest BCUT2D eigenvalue weighted by atomic mass is 16.4. The molecule has 0 amide bonds. The summed E-state index contributed by atoms with van der Waals surface area (Å²) in [7, 11) is 0. The normalized spacial score (nSPS) is 19.3. The number of pyridine rings is 1. The lowest BCUT2D eigenvalue weighted by molar-refractivity contribution is -0.138. The summed E-state index contributed by atoms with van der Waals surface area (Å²) in [6.45, 7) is 0.629. The summed E-state index contributed by atoms with van der Waals surface area (Å²) in [6.07, 6.45) is 8.13. The van der Waals surface area contributed by atoms with Gasteiger partial charge in [0.05, 0.1) is 11.4 Å². The molecule has 1 saturated carbocycles. The summed E-state index contributed by atoms with van der Waals surface area (Å²) in [5, 5.41) is 10.5. The Hall–Kier alpha value is -3.78. The zero-order valence-electron chi connectivity index (χ0n) is 18.8. The highest BCUT2D eigenvalue weighted by molar-refractivity contribution is 5.86. The Balaban J connectivity index is 1.50. The molecule has 8 nitrogen and oxygen atoms in total. The molecule has 4 aromatic rings. The summed E-state index contributed by atoms with van der Waals surface area (Å²) in [4.78, 5) is 27.5. The number of nitrogens with two attached hydrogens (primary N) is 1. The molecular weight excluding hydrogens is 428 g/mol. The van der Waals surface area contributed by atoms with Crippen molar-refractivity contribution in [3.05, 3.63) is 66.5 Å². The average molecular weight is 455 g/mol. The van der Waals surface area contributed by atoms with Gasteiger partial charge in [-0.2, -0.15) is 4.98 Å². The van der Waals surface area contributed by atoms with E-state index >= 15 is 0 Å². The Morgan fingerprint density at radius 2 is 1.91 bits per heavy atom. The molecule has 3 N–H and O–H groups in total. The van der Waals surface area contributed by atoms with E-state index in [0.717, 1.165) is 59.4 Å². The number of hydrogen-bond donors (Lipinski definition) is 2. The predicted molar refractivity (Wildman–Crippen MR) is 130 cm³/mol. The molecule has 1 unspecified atom stereocenters. The van der Waals surface area contributed by atoms with Crippen LogP contribution in [0.15, 0.2) is 60.9 Å². The fourth-order valence-corrected chi connectivity index (χ4v) is 5.13. The molecule has 1 aliphatic heterocycles. The molecule has 2 fully saturated rings. The molecule has 8 heteroatoms. The quantitative estimate of drug-likeness (QED) is 0.471. The first kappa shape index (κ1) is 20.8. The van der Waals surface area contributed by atoms with Gasteiger partial charge in [0.25, 0.3) is 0 Å². The van der Waals surface area contributed by atoms with Gasteiger partial charge in [0, 0.05) is 35.6 Å². The van der Waals surface area contributed by atoms with Crippen molar-refractivity contribution in [1.82, 2.24) is 19.5 Å². The smallest absolute Gasteiger partial charge is 0.326 e. The summed E-state index contributed by atoms with van der Waals surface area (Å²) in [6, 6.07) is 15.6. The second-order valence-corrected chi connectivity index (χ2v) is 9.28. The topological polar surface area (TPSA) is 110 Å². The molecule has 3 aromatic heterocycles. The van der Waals surface area contributed by atoms with Gasteiger partial charge in [-0.3, -0.25) is 9.55 Å². The summed E-state index contributed by atoms with van der Waals surface area (Å²) in [5.74, 6) is -0.399. The lowest BCUT2D eigenvalue weighted by Crippen LogP contribution is -2.43. The molecule has 6 rings (SSSR count). The van der Waals surface area contributed by atoms with Gasteiger partial charge in [-0.15, -0.1) is 0 Å². The van der Waals surface area contributed by atoms with Crippen LogP contribution < -0.4 is 10.6 Å². The lowest BCUT2D eigenvalue weighted by Gasteiger charge is -2.38. The van der Waals surface area contributed by atoms with E-state index < -0.39 is 12.0 Å². The maximum Gasteiger partial charge on any atom is 0.326 e. The Bertz CT molecular complexity index is 1360. The van der Waals surface area contributed by atoms with Crippen molar-refractivity contribution in [3.8, 4) is 17.1 Å². The number of aromatic nitrogens is 4. The number of fused-ring (bicyclic) bond motifs is 1. The Morgan fingerprint density at radius 3 is 2.59 bits per heavy atom. The minimum atomic E-state index is -0.840. The van der Waals surface area contributed by atoms with Crippen molar-refractivity contribution >= 4 is 23.0 Å². The number of carbonyl (C=O) groups is 1. The number of nitrogens with zero attached hydrogens (tertiary/aromatic N) is 5. The molecule has 0 bridgehead atoms. The highest BCUT2D eigenvalue weighted by Gasteiger charge is 2.34. The van der Waals surface area contributed by atoms with Crippen molar-refractivity contribution in [2.75, 3.05) is 11.4 Å². The molecule has 1 aliphatic carbocycles. The van der Waals surface area contributed by atoms with Gasteiger partial charge in [0.15, 0.2) is 5.65 Å². The second-order valence-electron chi connectivity index (χ2n) is 9.28. The van der Waals surface area contributed by atoms with E-state index in [2.05, 4.69) is 38.8 Å². The first-order valence-electron chi connectivity index (χ1n) is 11.7. The van der Waals surface area contributed by atoms with Crippen LogP contribution in [0.4, 0.5) is 5.95 Å². The maximum absolute atomic E-state index is 11.7. The van der Waals surface area contributed by atoms with E-state index in [9.17, 15) is 9.90 Å². The number of benzene rings is 1. The fourth-order valence-electron chi connectivity index (χ4n) is 5.13. The minimum absolute atomic E-state index is 0.224. The minimum Gasteiger partial charge on any atom is -0.480 e. The number of hydrogen-bond acceptors (Lipinski definition) is 6. The molecule has 4 heterocycles. The van der Waals surface area contributed by atoms with E-state index in [1.54, 1.807) is 17.3 Å². The van der Waals surface area contributed by atoms with Crippen LogP contribution in [-0.4, -0.2) is 43.2 Å². The molecule has 172 valence electrons. The number of carboxylic acid groups (broad SMARTS) is 1. The summed E-state index contributed by atoms with van der Waals surface area (Å²) < 4.78 is 2.07. The summed E-state index contributed by atoms with van der Waals surface area (Å²) >= 11 is 0. The first-order valence-corrected chi connectivity index (χ1v) is 11.7. The van der Waals surface area contributed by atoms with Crippen molar-refractivity contribution < 1.29 is 9.90 Å². The van der Waals surface area contributed by atoms with Crippen LogP contribution in [0.2, 0.25) is 0 Å². The van der Waals surface area contributed by atoms with Gasteiger partial charge < -0.3 is 15.7 Å². The van der Waals surface area contributed by atoms with E-state index in [1.807, 2.05) is 24.3 Å². The van der Waals surface area contributed by atoms with Gasteiger partial charge in [0.2, 0.25) is 5.95 Å². The number of aliphatic carboxylic acids is 1. The number of rotatable bonds is 5. The monoisotopic (exact) mass is 454 g/mol. The SMILES string of the molecule is NC1(c2ccc(-n3c(-c4ccccn4)cc4cnc(N5CCCC5C(=O)O)nc43)cc2)CCC1. The van der Waals surface area contributed by atoms with Gasteiger partial charge in [-0.25, -0.2) is 9.78 Å². The third-order valence-corrected chi connectivity index (χ3v) is 7.20. The van der Waals surface area contributed by atoms with Crippen molar-refractivity contribution in [2.45, 2.75) is 43.7 Å². The molecule has 34 heavy (non-hydrogen) atoms. The molecule has 0 spiro atoms. The van der Waals surface area contributed by atoms with Crippen LogP contribution in [0.5, 0.6) is 0 Å². The lowest BCUT2D eigenvalue weighted by atomic mass is 9.73. The van der Waals surface area contributed by atoms with Gasteiger partial charge in [-0.1, -0.05) is 18.2 Å². The van der Waals surface area contributed by atoms with Crippen LogP contribution in [0.3, 0.4) is 0 Å². The third-order valence-electron chi connectivity index (χ3n) is 7.20. The van der Waals surface area contributed by atoms with Crippen LogP contribution in [0.1, 0.15) is 37.7 Å². The van der Waals surface area contributed by atoms with Crippen molar-refractivity contribution in [1.29, 1.82) is 0 Å². The number of carboxylic acids is 1. The van der Waals surface area contributed by atoms with Gasteiger partial charge in [-0.05, 0) is 68.0 Å². The molecule has 0 radical (unpaired) electrons. The van der Waals surface area contributed by atoms with E-state index in [4.69, 9.17) is 10.7 Å². The van der Waals surface area contributed by atoms with Crippen LogP contribution in [-0.2, 0) is 10.3 Å². The largest absolute Gasteiger partial charge is 0.480 e. The molecular formula is C26H26N6O2. The van der Waals surface area contributed by atoms with Gasteiger partial charge >= 0.3 is 5.97 Å². The molecule has 1 aromatic carbocycles. The third kappa shape index (κ3) is 3.33. The van der Waals surface area contributed by atoms with E-state index in [-0.39, 0.29) is 5.54 Å². The standard InChI is InChI=1S/C26H26N6O2/c27-26(11-4-12-26)18-7-9-19(10-8-18)32-22(20-5-1-2-13-28-20)15-17-16-29-25(30-23(17)32)31-14-3-6-21(31)24(33)34/h1-2,5,7-10,13,15-16,21H,3-4,6,11-12,14,27H2,(H,33,34). The molecule has 1 atom stereocenters. The fraction of sp³-hybridized carbons (Fsp3) is 0.308. The Kier molecular flexibility index (Phi) is 4.84. The van der Waals surface area contributed by atoms with E-state index in [0.29, 0.717) is 18.9 Å². The average Bonchev–Trinajstić information content (AvgIpc) is 3.48. The Labute approximate surface area is 197 Å². The van der Waals surface area contributed by atoms with E-state index in [1.165, 1.54) is 0 Å². The highest BCUT2D eigenvalue weighted by Crippen LogP contribution is 2.39. The second kappa shape index (κ2) is 7.92. The van der Waals surface area contributed by atoms with Crippen molar-refractivity contribution in [3.63, 3.8) is 0 Å².